The topological polar surface area (TPSA) is 132 Å². The number of esters is 1. The molecule has 0 aliphatic heterocycles. The number of anilines is 3. The summed E-state index contributed by atoms with van der Waals surface area (Å²) in [6.45, 7) is 1.54. The second-order valence-corrected chi connectivity index (χ2v) is 9.97. The first-order valence-electron chi connectivity index (χ1n) is 10.7. The van der Waals surface area contributed by atoms with Crippen molar-refractivity contribution in [1.29, 1.82) is 0 Å². The molecule has 36 heavy (non-hydrogen) atoms. The Bertz CT molecular complexity index is 1560. The molecule has 0 unspecified atom stereocenters. The molecule has 2 aromatic carbocycles. The van der Waals surface area contributed by atoms with Crippen LogP contribution in [0.25, 0.3) is 22.0 Å². The summed E-state index contributed by atoms with van der Waals surface area (Å²) in [5.41, 5.74) is 3.10. The van der Waals surface area contributed by atoms with Gasteiger partial charge in [-0.3, -0.25) is 4.72 Å². The molecule has 0 radical (unpaired) electrons. The Kier molecular flexibility index (Phi) is 7.22. The van der Waals surface area contributed by atoms with Gasteiger partial charge in [0.25, 0.3) is 0 Å². The van der Waals surface area contributed by atoms with Gasteiger partial charge in [0.15, 0.2) is 0 Å². The quantitative estimate of drug-likeness (QED) is 0.314. The molecule has 2 N–H and O–H groups in total. The van der Waals surface area contributed by atoms with Crippen molar-refractivity contribution in [3.05, 3.63) is 65.6 Å². The van der Waals surface area contributed by atoms with Gasteiger partial charge in [-0.15, -0.1) is 0 Å². The van der Waals surface area contributed by atoms with Crippen LogP contribution >= 0.6 is 11.6 Å². The minimum Gasteiger partial charge on any atom is -0.480 e. The Labute approximate surface area is 212 Å². The number of hydrogen-bond donors (Lipinski definition) is 2. The van der Waals surface area contributed by atoms with E-state index >= 15 is 0 Å². The van der Waals surface area contributed by atoms with E-state index in [0.717, 1.165) is 5.56 Å². The van der Waals surface area contributed by atoms with Gasteiger partial charge >= 0.3 is 5.97 Å². The van der Waals surface area contributed by atoms with Crippen LogP contribution in [-0.2, 0) is 14.8 Å². The van der Waals surface area contributed by atoms with E-state index in [1.54, 1.807) is 37.4 Å². The molecular formula is C24H22ClN5O5S. The van der Waals surface area contributed by atoms with Gasteiger partial charge in [-0.1, -0.05) is 17.7 Å². The second-order valence-electron chi connectivity index (χ2n) is 7.55. The van der Waals surface area contributed by atoms with Crippen LogP contribution in [0.15, 0.2) is 55.0 Å². The second kappa shape index (κ2) is 10.3. The molecule has 0 saturated carbocycles. The minimum atomic E-state index is -3.54. The number of halogens is 1. The van der Waals surface area contributed by atoms with Gasteiger partial charge < -0.3 is 14.8 Å². The Morgan fingerprint density at radius 3 is 2.56 bits per heavy atom. The zero-order valence-corrected chi connectivity index (χ0v) is 21.1. The molecule has 2 aromatic heterocycles. The third-order valence-electron chi connectivity index (χ3n) is 5.29. The molecule has 0 fully saturated rings. The number of carbonyl (C=O) groups excluding carboxylic acids is 1. The highest BCUT2D eigenvalue weighted by Crippen LogP contribution is 2.33. The predicted octanol–water partition coefficient (Wildman–Crippen LogP) is 4.65. The first-order valence-corrected chi connectivity index (χ1v) is 12.7. The zero-order valence-electron chi connectivity index (χ0n) is 19.6. The van der Waals surface area contributed by atoms with Crippen LogP contribution < -0.4 is 14.8 Å². The first kappa shape index (κ1) is 25.1. The molecule has 4 rings (SSSR count). The molecule has 0 aliphatic carbocycles. The van der Waals surface area contributed by atoms with Crippen LogP contribution in [0.2, 0.25) is 5.02 Å². The van der Waals surface area contributed by atoms with Crippen LogP contribution in [0.4, 0.5) is 17.2 Å². The van der Waals surface area contributed by atoms with Crippen molar-refractivity contribution in [2.75, 3.05) is 30.0 Å². The number of nitrogens with one attached hydrogen (secondary N) is 2. The van der Waals surface area contributed by atoms with Gasteiger partial charge in [0, 0.05) is 22.8 Å². The summed E-state index contributed by atoms with van der Waals surface area (Å²) in [4.78, 5) is 24.9. The van der Waals surface area contributed by atoms with E-state index in [-0.39, 0.29) is 27.9 Å². The number of carbonyl (C=O) groups is 1. The van der Waals surface area contributed by atoms with E-state index in [0.29, 0.717) is 28.0 Å². The average molecular weight is 528 g/mol. The maximum atomic E-state index is 12.1. The molecule has 12 heteroatoms. The molecule has 0 spiro atoms. The van der Waals surface area contributed by atoms with E-state index in [2.05, 4.69) is 25.0 Å². The molecule has 0 saturated heterocycles. The Morgan fingerprint density at radius 2 is 1.83 bits per heavy atom. The SMILES string of the molecule is CCS(=O)(=O)Nc1cc(-c2ccc3ncnc(Nc4ccc(Cl)c(C(=O)OC)c4)c3c2)cnc1OC. The lowest BCUT2D eigenvalue weighted by Crippen LogP contribution is -2.15. The van der Waals surface area contributed by atoms with Crippen LogP contribution in [0.5, 0.6) is 5.88 Å². The molecule has 4 aromatic rings. The van der Waals surface area contributed by atoms with Crippen molar-refractivity contribution in [3.8, 4) is 17.0 Å². The van der Waals surface area contributed by atoms with Crippen LogP contribution in [0.1, 0.15) is 17.3 Å². The highest BCUT2D eigenvalue weighted by atomic mass is 35.5. The Balaban J connectivity index is 1.75. The van der Waals surface area contributed by atoms with Crippen LogP contribution in [0.3, 0.4) is 0 Å². The number of pyridine rings is 1. The molecule has 0 atom stereocenters. The van der Waals surface area contributed by atoms with Gasteiger partial charge in [-0.2, -0.15) is 0 Å². The lowest BCUT2D eigenvalue weighted by molar-refractivity contribution is 0.0601. The van der Waals surface area contributed by atoms with Crippen molar-refractivity contribution in [2.45, 2.75) is 6.92 Å². The Morgan fingerprint density at radius 1 is 1.03 bits per heavy atom. The van der Waals surface area contributed by atoms with E-state index in [4.69, 9.17) is 21.1 Å². The lowest BCUT2D eigenvalue weighted by atomic mass is 10.0. The van der Waals surface area contributed by atoms with E-state index in [1.807, 2.05) is 18.2 Å². The van der Waals surface area contributed by atoms with E-state index in [1.165, 1.54) is 20.5 Å². The maximum Gasteiger partial charge on any atom is 0.339 e. The number of aromatic nitrogens is 3. The van der Waals surface area contributed by atoms with Gasteiger partial charge in [-0.25, -0.2) is 28.2 Å². The molecule has 0 aliphatic rings. The van der Waals surface area contributed by atoms with E-state index < -0.39 is 16.0 Å². The van der Waals surface area contributed by atoms with Gasteiger partial charge in [0.2, 0.25) is 15.9 Å². The molecule has 10 nitrogen and oxygen atoms in total. The lowest BCUT2D eigenvalue weighted by Gasteiger charge is -2.13. The number of methoxy groups -OCH3 is 2. The van der Waals surface area contributed by atoms with Crippen molar-refractivity contribution in [2.24, 2.45) is 0 Å². The third kappa shape index (κ3) is 5.31. The number of rotatable bonds is 8. The fourth-order valence-electron chi connectivity index (χ4n) is 3.43. The summed E-state index contributed by atoms with van der Waals surface area (Å²) in [6.07, 6.45) is 3.01. The predicted molar refractivity (Wildman–Crippen MR) is 138 cm³/mol. The number of ether oxygens (including phenoxy) is 2. The molecular weight excluding hydrogens is 506 g/mol. The summed E-state index contributed by atoms with van der Waals surface area (Å²) in [7, 11) is -0.838. The number of benzene rings is 2. The monoisotopic (exact) mass is 527 g/mol. The first-order chi connectivity index (χ1) is 17.2. The molecule has 186 valence electrons. The van der Waals surface area contributed by atoms with Gasteiger partial charge in [-0.05, 0) is 48.9 Å². The molecule has 2 heterocycles. The largest absolute Gasteiger partial charge is 0.480 e. The number of sulfonamides is 1. The third-order valence-corrected chi connectivity index (χ3v) is 6.91. The summed E-state index contributed by atoms with van der Waals surface area (Å²) >= 11 is 6.13. The maximum absolute atomic E-state index is 12.1. The molecule has 0 bridgehead atoms. The Hall–Kier alpha value is -3.96. The standard InChI is InChI=1S/C24H22ClN5O5S/c1-4-36(32,33)30-21-10-15(12-26-23(21)34-2)14-5-8-20-18(9-14)22(28-13-27-20)29-16-6-7-19(25)17(11-16)24(31)35-3/h5-13,30H,4H2,1-3H3,(H,27,28,29). The minimum absolute atomic E-state index is 0.0921. The summed E-state index contributed by atoms with van der Waals surface area (Å²) in [5.74, 6) is 0.00485. The van der Waals surface area contributed by atoms with Crippen molar-refractivity contribution >= 4 is 55.7 Å². The number of hydrogen-bond acceptors (Lipinski definition) is 9. The van der Waals surface area contributed by atoms with E-state index in [9.17, 15) is 13.2 Å². The summed E-state index contributed by atoms with van der Waals surface area (Å²) < 4.78 is 36.8. The zero-order chi connectivity index (χ0) is 25.9. The van der Waals surface area contributed by atoms with Crippen molar-refractivity contribution in [3.63, 3.8) is 0 Å². The fourth-order valence-corrected chi connectivity index (χ4v) is 4.25. The summed E-state index contributed by atoms with van der Waals surface area (Å²) in [5, 5.41) is 4.15. The highest BCUT2D eigenvalue weighted by Gasteiger charge is 2.16. The van der Waals surface area contributed by atoms with Crippen LogP contribution in [0, 0.1) is 0 Å². The molecule has 0 amide bonds. The average Bonchev–Trinajstić information content (AvgIpc) is 2.89. The highest BCUT2D eigenvalue weighted by molar-refractivity contribution is 7.92. The smallest absolute Gasteiger partial charge is 0.339 e. The number of nitrogens with zero attached hydrogens (tertiary/aromatic N) is 3. The normalized spacial score (nSPS) is 11.2. The van der Waals surface area contributed by atoms with Gasteiger partial charge in [0.05, 0.1) is 36.1 Å². The summed E-state index contributed by atoms with van der Waals surface area (Å²) in [6, 6.07) is 12.1. The van der Waals surface area contributed by atoms with Crippen LogP contribution in [-0.4, -0.2) is 49.3 Å². The van der Waals surface area contributed by atoms with Crippen molar-refractivity contribution in [1.82, 2.24) is 15.0 Å². The number of fused-ring (bicyclic) bond motifs is 1. The van der Waals surface area contributed by atoms with Gasteiger partial charge in [0.1, 0.15) is 17.8 Å². The van der Waals surface area contributed by atoms with Crippen molar-refractivity contribution < 1.29 is 22.7 Å². The fraction of sp³-hybridized carbons (Fsp3) is 0.167.